The first kappa shape index (κ1) is 14.0. The summed E-state index contributed by atoms with van der Waals surface area (Å²) >= 11 is 0. The molecular formula is C13H21NO3. The van der Waals surface area contributed by atoms with Gasteiger partial charge in [0.1, 0.15) is 5.75 Å². The van der Waals surface area contributed by atoms with Crippen molar-refractivity contribution in [3.05, 3.63) is 29.8 Å². The number of benzene rings is 1. The van der Waals surface area contributed by atoms with Gasteiger partial charge in [-0.05, 0) is 31.5 Å². The predicted molar refractivity (Wildman–Crippen MR) is 67.0 cm³/mol. The molecule has 0 aliphatic rings. The number of aliphatic hydroxyl groups is 1. The molecule has 0 heterocycles. The molecule has 1 atom stereocenters. The van der Waals surface area contributed by atoms with E-state index < -0.39 is 0 Å². The van der Waals surface area contributed by atoms with Gasteiger partial charge in [-0.1, -0.05) is 12.1 Å². The van der Waals surface area contributed by atoms with Crippen LogP contribution in [0.2, 0.25) is 0 Å². The van der Waals surface area contributed by atoms with Gasteiger partial charge in [0.25, 0.3) is 0 Å². The number of hydrogen-bond donors (Lipinski definition) is 2. The molecule has 0 saturated heterocycles. The van der Waals surface area contributed by atoms with Gasteiger partial charge >= 0.3 is 0 Å². The van der Waals surface area contributed by atoms with Crippen LogP contribution in [0.3, 0.4) is 0 Å². The van der Waals surface area contributed by atoms with Crippen LogP contribution in [-0.2, 0) is 4.74 Å². The molecule has 0 aromatic heterocycles. The molecule has 4 heteroatoms. The van der Waals surface area contributed by atoms with Gasteiger partial charge in [0.2, 0.25) is 0 Å². The fourth-order valence-electron chi connectivity index (χ4n) is 1.56. The molecular weight excluding hydrogens is 218 g/mol. The molecule has 3 N–H and O–H groups in total. The van der Waals surface area contributed by atoms with Crippen LogP contribution in [0.15, 0.2) is 24.3 Å². The molecule has 1 rings (SSSR count). The number of aliphatic hydroxyl groups excluding tert-OH is 1. The Morgan fingerprint density at radius 2 is 2.12 bits per heavy atom. The van der Waals surface area contributed by atoms with Crippen LogP contribution in [-0.4, -0.2) is 31.0 Å². The zero-order valence-corrected chi connectivity index (χ0v) is 10.4. The van der Waals surface area contributed by atoms with Gasteiger partial charge in [0, 0.05) is 6.54 Å². The number of rotatable bonds is 7. The van der Waals surface area contributed by atoms with Gasteiger partial charge in [0.15, 0.2) is 0 Å². The summed E-state index contributed by atoms with van der Waals surface area (Å²) in [7, 11) is 0. The van der Waals surface area contributed by atoms with E-state index in [4.69, 9.17) is 20.3 Å². The molecule has 0 aliphatic carbocycles. The van der Waals surface area contributed by atoms with Gasteiger partial charge in [-0.3, -0.25) is 0 Å². The summed E-state index contributed by atoms with van der Waals surface area (Å²) in [5, 5.41) is 8.74. The molecule has 0 spiro atoms. The highest BCUT2D eigenvalue weighted by molar-refractivity contribution is 5.30. The van der Waals surface area contributed by atoms with Gasteiger partial charge in [0.05, 0.1) is 25.4 Å². The van der Waals surface area contributed by atoms with Gasteiger partial charge in [-0.2, -0.15) is 0 Å². The van der Waals surface area contributed by atoms with Crippen molar-refractivity contribution in [1.82, 2.24) is 0 Å². The fraction of sp³-hybridized carbons (Fsp3) is 0.538. The Hall–Kier alpha value is -1.10. The smallest absolute Gasteiger partial charge is 0.120 e. The van der Waals surface area contributed by atoms with Crippen molar-refractivity contribution in [3.8, 4) is 5.75 Å². The molecule has 0 aliphatic heterocycles. The first-order valence-electron chi connectivity index (χ1n) is 5.86. The molecule has 0 amide bonds. The third-order valence-electron chi connectivity index (χ3n) is 2.23. The second-order valence-corrected chi connectivity index (χ2v) is 4.06. The molecule has 4 nitrogen and oxygen atoms in total. The van der Waals surface area contributed by atoms with Crippen LogP contribution in [0, 0.1) is 0 Å². The molecule has 1 unspecified atom stereocenters. The highest BCUT2D eigenvalue weighted by Gasteiger charge is 2.10. The van der Waals surface area contributed by atoms with Gasteiger partial charge in [-0.25, -0.2) is 0 Å². The third-order valence-corrected chi connectivity index (χ3v) is 2.23. The van der Waals surface area contributed by atoms with Crippen molar-refractivity contribution in [3.63, 3.8) is 0 Å². The minimum Gasteiger partial charge on any atom is -0.491 e. The number of nitrogens with two attached hydrogens (primary N) is 1. The molecule has 17 heavy (non-hydrogen) atoms. The second-order valence-electron chi connectivity index (χ2n) is 4.06. The Balaban J connectivity index is 2.73. The van der Waals surface area contributed by atoms with Crippen molar-refractivity contribution in [2.75, 3.05) is 19.8 Å². The zero-order chi connectivity index (χ0) is 12.7. The summed E-state index contributed by atoms with van der Waals surface area (Å²) in [5.41, 5.74) is 6.62. The molecule has 0 bridgehead atoms. The van der Waals surface area contributed by atoms with Crippen LogP contribution in [0.1, 0.15) is 25.5 Å². The molecule has 0 radical (unpaired) electrons. The van der Waals surface area contributed by atoms with E-state index in [1.165, 1.54) is 0 Å². The third kappa shape index (κ3) is 4.73. The minimum absolute atomic E-state index is 0.00130. The second kappa shape index (κ2) is 7.27. The average molecular weight is 239 g/mol. The highest BCUT2D eigenvalue weighted by Crippen LogP contribution is 2.22. The van der Waals surface area contributed by atoms with E-state index >= 15 is 0 Å². The Labute approximate surface area is 102 Å². The normalized spacial score (nSPS) is 12.8. The highest BCUT2D eigenvalue weighted by atomic mass is 16.5. The van der Waals surface area contributed by atoms with Gasteiger partial charge < -0.3 is 20.3 Å². The number of ether oxygens (including phenoxy) is 2. The van der Waals surface area contributed by atoms with Crippen molar-refractivity contribution < 1.29 is 14.6 Å². The summed E-state index contributed by atoms with van der Waals surface area (Å²) in [6.45, 7) is 4.63. The summed E-state index contributed by atoms with van der Waals surface area (Å²) in [6.07, 6.45) is -0.0576. The molecule has 96 valence electrons. The first-order chi connectivity index (χ1) is 8.17. The maximum atomic E-state index is 8.74. The molecule has 0 fully saturated rings. The van der Waals surface area contributed by atoms with Crippen molar-refractivity contribution in [2.45, 2.75) is 26.1 Å². The zero-order valence-electron chi connectivity index (χ0n) is 10.4. The van der Waals surface area contributed by atoms with E-state index in [0.717, 1.165) is 11.3 Å². The minimum atomic E-state index is -0.196. The van der Waals surface area contributed by atoms with Crippen LogP contribution < -0.4 is 10.5 Å². The predicted octanol–water partition coefficient (Wildman–Crippen LogP) is 1.48. The van der Waals surface area contributed by atoms with Crippen molar-refractivity contribution in [1.29, 1.82) is 0 Å². The topological polar surface area (TPSA) is 64.7 Å². The Morgan fingerprint density at radius 1 is 1.35 bits per heavy atom. The molecule has 1 aromatic carbocycles. The lowest BCUT2D eigenvalue weighted by molar-refractivity contribution is 0.0327. The maximum absolute atomic E-state index is 8.74. The van der Waals surface area contributed by atoms with Crippen LogP contribution in [0.4, 0.5) is 0 Å². The lowest BCUT2D eigenvalue weighted by Crippen LogP contribution is -2.17. The standard InChI is InChI=1S/C13H21NO3/c1-10(2)17-12-5-3-4-11(8-12)13(9-14)16-7-6-15/h3-5,8,10,13,15H,6-7,9,14H2,1-2H3. The summed E-state index contributed by atoms with van der Waals surface area (Å²) in [5.74, 6) is 0.809. The Bertz CT molecular complexity index is 328. The molecule has 0 saturated carbocycles. The number of hydrogen-bond acceptors (Lipinski definition) is 4. The van der Waals surface area contributed by atoms with Crippen LogP contribution in [0.25, 0.3) is 0 Å². The van der Waals surface area contributed by atoms with Crippen LogP contribution >= 0.6 is 0 Å². The lowest BCUT2D eigenvalue weighted by atomic mass is 10.1. The summed E-state index contributed by atoms with van der Waals surface area (Å²) < 4.78 is 11.1. The van der Waals surface area contributed by atoms with E-state index in [9.17, 15) is 0 Å². The van der Waals surface area contributed by atoms with E-state index in [0.29, 0.717) is 6.54 Å². The quantitative estimate of drug-likeness (QED) is 0.756. The fourth-order valence-corrected chi connectivity index (χ4v) is 1.56. The van der Waals surface area contributed by atoms with Crippen molar-refractivity contribution in [2.24, 2.45) is 5.73 Å². The Kier molecular flexibility index (Phi) is 5.97. The summed E-state index contributed by atoms with van der Waals surface area (Å²) in [6, 6.07) is 7.69. The first-order valence-corrected chi connectivity index (χ1v) is 5.86. The maximum Gasteiger partial charge on any atom is 0.120 e. The van der Waals surface area contributed by atoms with E-state index in [1.807, 2.05) is 38.1 Å². The summed E-state index contributed by atoms with van der Waals surface area (Å²) in [4.78, 5) is 0. The van der Waals surface area contributed by atoms with Gasteiger partial charge in [-0.15, -0.1) is 0 Å². The van der Waals surface area contributed by atoms with E-state index in [-0.39, 0.29) is 25.4 Å². The Morgan fingerprint density at radius 3 is 2.71 bits per heavy atom. The van der Waals surface area contributed by atoms with Crippen LogP contribution in [0.5, 0.6) is 5.75 Å². The molecule has 1 aromatic rings. The lowest BCUT2D eigenvalue weighted by Gasteiger charge is -2.17. The monoisotopic (exact) mass is 239 g/mol. The largest absolute Gasteiger partial charge is 0.491 e. The van der Waals surface area contributed by atoms with E-state index in [1.54, 1.807) is 0 Å². The SMILES string of the molecule is CC(C)Oc1cccc(C(CN)OCCO)c1. The average Bonchev–Trinajstić information content (AvgIpc) is 2.30. The van der Waals surface area contributed by atoms with E-state index in [2.05, 4.69) is 0 Å². The van der Waals surface area contributed by atoms with Crippen molar-refractivity contribution >= 4 is 0 Å².